The van der Waals surface area contributed by atoms with Crippen molar-refractivity contribution in [3.05, 3.63) is 16.9 Å². The molecular weight excluding hydrogens is 230 g/mol. The SMILES string of the molecule is CCN1CCC(n2nccc2Br)C1. The standard InChI is InChI=1S/C9H14BrN3/c1-2-12-6-4-8(7-12)13-9(10)3-5-11-13/h3,5,8H,2,4,6-7H2,1H3. The molecule has 0 N–H and O–H groups in total. The van der Waals surface area contributed by atoms with E-state index in [4.69, 9.17) is 0 Å². The van der Waals surface area contributed by atoms with Crippen LogP contribution < -0.4 is 0 Å². The van der Waals surface area contributed by atoms with Crippen LogP contribution in [0.1, 0.15) is 19.4 Å². The Balaban J connectivity index is 2.08. The van der Waals surface area contributed by atoms with E-state index >= 15 is 0 Å². The van der Waals surface area contributed by atoms with Gasteiger partial charge in [-0.25, -0.2) is 0 Å². The van der Waals surface area contributed by atoms with Crippen molar-refractivity contribution in [1.82, 2.24) is 14.7 Å². The molecule has 1 aliphatic rings. The summed E-state index contributed by atoms with van der Waals surface area (Å²) in [6.45, 7) is 5.69. The van der Waals surface area contributed by atoms with Crippen LogP contribution in [0.4, 0.5) is 0 Å². The molecule has 1 aromatic heterocycles. The van der Waals surface area contributed by atoms with Crippen LogP contribution in [-0.4, -0.2) is 34.3 Å². The van der Waals surface area contributed by atoms with Gasteiger partial charge in [0.15, 0.2) is 0 Å². The first kappa shape index (κ1) is 9.21. The lowest BCUT2D eigenvalue weighted by atomic mass is 10.3. The zero-order valence-electron chi connectivity index (χ0n) is 7.78. The van der Waals surface area contributed by atoms with Crippen LogP contribution in [0.15, 0.2) is 16.9 Å². The summed E-state index contributed by atoms with van der Waals surface area (Å²) in [7, 11) is 0. The van der Waals surface area contributed by atoms with Crippen molar-refractivity contribution in [3.63, 3.8) is 0 Å². The molecule has 0 aromatic carbocycles. The molecule has 3 nitrogen and oxygen atoms in total. The van der Waals surface area contributed by atoms with E-state index in [-0.39, 0.29) is 0 Å². The Hall–Kier alpha value is -0.350. The Bertz CT molecular complexity index is 284. The number of nitrogens with zero attached hydrogens (tertiary/aromatic N) is 3. The second-order valence-corrected chi connectivity index (χ2v) is 4.25. The number of likely N-dealkylation sites (tertiary alicyclic amines) is 1. The number of aromatic nitrogens is 2. The Morgan fingerprint density at radius 1 is 1.69 bits per heavy atom. The summed E-state index contributed by atoms with van der Waals surface area (Å²) in [6.07, 6.45) is 3.06. The van der Waals surface area contributed by atoms with Gasteiger partial charge in [0.2, 0.25) is 0 Å². The Morgan fingerprint density at radius 2 is 2.54 bits per heavy atom. The third kappa shape index (κ3) is 1.79. The van der Waals surface area contributed by atoms with Gasteiger partial charge in [-0.3, -0.25) is 4.68 Å². The normalized spacial score (nSPS) is 24.0. The van der Waals surface area contributed by atoms with Crippen molar-refractivity contribution in [2.45, 2.75) is 19.4 Å². The van der Waals surface area contributed by atoms with Crippen LogP contribution in [0.25, 0.3) is 0 Å². The van der Waals surface area contributed by atoms with Gasteiger partial charge in [0.05, 0.1) is 12.2 Å². The van der Waals surface area contributed by atoms with Crippen molar-refractivity contribution < 1.29 is 0 Å². The second kappa shape index (κ2) is 3.80. The summed E-state index contributed by atoms with van der Waals surface area (Å²) >= 11 is 3.50. The molecule has 0 aliphatic carbocycles. The summed E-state index contributed by atoms with van der Waals surface area (Å²) in [4.78, 5) is 2.46. The lowest BCUT2D eigenvalue weighted by Crippen LogP contribution is -2.21. The molecule has 0 saturated carbocycles. The maximum absolute atomic E-state index is 4.31. The molecule has 13 heavy (non-hydrogen) atoms. The number of hydrogen-bond donors (Lipinski definition) is 0. The van der Waals surface area contributed by atoms with Gasteiger partial charge < -0.3 is 4.90 Å². The zero-order chi connectivity index (χ0) is 9.26. The van der Waals surface area contributed by atoms with Crippen molar-refractivity contribution in [2.24, 2.45) is 0 Å². The Kier molecular flexibility index (Phi) is 2.69. The highest BCUT2D eigenvalue weighted by Gasteiger charge is 2.23. The monoisotopic (exact) mass is 243 g/mol. The molecule has 0 bridgehead atoms. The molecule has 1 unspecified atom stereocenters. The van der Waals surface area contributed by atoms with Crippen molar-refractivity contribution in [1.29, 1.82) is 0 Å². The lowest BCUT2D eigenvalue weighted by Gasteiger charge is -2.14. The highest BCUT2D eigenvalue weighted by atomic mass is 79.9. The van der Waals surface area contributed by atoms with E-state index in [1.165, 1.54) is 13.0 Å². The van der Waals surface area contributed by atoms with Crippen LogP contribution >= 0.6 is 15.9 Å². The molecule has 0 spiro atoms. The molecule has 1 aliphatic heterocycles. The van der Waals surface area contributed by atoms with E-state index in [0.29, 0.717) is 6.04 Å². The second-order valence-electron chi connectivity index (χ2n) is 3.43. The molecule has 72 valence electrons. The number of rotatable bonds is 2. The third-order valence-corrected chi connectivity index (χ3v) is 3.29. The molecule has 1 saturated heterocycles. The molecule has 1 atom stereocenters. The first-order chi connectivity index (χ1) is 6.31. The molecule has 2 heterocycles. The van der Waals surface area contributed by atoms with Gasteiger partial charge in [-0.05, 0) is 35.0 Å². The van der Waals surface area contributed by atoms with Crippen molar-refractivity contribution >= 4 is 15.9 Å². The largest absolute Gasteiger partial charge is 0.301 e. The molecule has 0 amide bonds. The van der Waals surface area contributed by atoms with Crippen molar-refractivity contribution in [3.8, 4) is 0 Å². The summed E-state index contributed by atoms with van der Waals surface area (Å²) in [5, 5.41) is 4.31. The predicted molar refractivity (Wildman–Crippen MR) is 55.7 cm³/mol. The number of hydrogen-bond acceptors (Lipinski definition) is 2. The quantitative estimate of drug-likeness (QED) is 0.792. The number of likely N-dealkylation sites (N-methyl/N-ethyl adjacent to an activating group) is 1. The molecule has 1 aromatic rings. The number of halogens is 1. The van der Waals surface area contributed by atoms with Gasteiger partial charge in [-0.15, -0.1) is 0 Å². The summed E-state index contributed by atoms with van der Waals surface area (Å²) in [5.41, 5.74) is 0. The molecule has 0 radical (unpaired) electrons. The Morgan fingerprint density at radius 3 is 3.08 bits per heavy atom. The van der Waals surface area contributed by atoms with E-state index in [0.717, 1.165) is 17.7 Å². The Labute approximate surface area is 86.8 Å². The van der Waals surface area contributed by atoms with Crippen LogP contribution in [0.2, 0.25) is 0 Å². The van der Waals surface area contributed by atoms with Gasteiger partial charge in [0.25, 0.3) is 0 Å². The van der Waals surface area contributed by atoms with Crippen molar-refractivity contribution in [2.75, 3.05) is 19.6 Å². The summed E-state index contributed by atoms with van der Waals surface area (Å²) in [5.74, 6) is 0. The van der Waals surface area contributed by atoms with Gasteiger partial charge in [0.1, 0.15) is 4.60 Å². The highest BCUT2D eigenvalue weighted by molar-refractivity contribution is 9.10. The zero-order valence-corrected chi connectivity index (χ0v) is 9.37. The van der Waals surface area contributed by atoms with E-state index in [2.05, 4.69) is 37.5 Å². The fraction of sp³-hybridized carbons (Fsp3) is 0.667. The van der Waals surface area contributed by atoms with Gasteiger partial charge in [-0.2, -0.15) is 5.10 Å². The molecular formula is C9H14BrN3. The lowest BCUT2D eigenvalue weighted by molar-refractivity contribution is 0.334. The molecule has 2 rings (SSSR count). The molecule has 1 fully saturated rings. The summed E-state index contributed by atoms with van der Waals surface area (Å²) in [6, 6.07) is 2.55. The van der Waals surface area contributed by atoms with E-state index in [1.807, 2.05) is 12.3 Å². The van der Waals surface area contributed by atoms with Crippen LogP contribution in [-0.2, 0) is 0 Å². The first-order valence-electron chi connectivity index (χ1n) is 4.72. The van der Waals surface area contributed by atoms with Gasteiger partial charge in [0, 0.05) is 13.1 Å². The van der Waals surface area contributed by atoms with Gasteiger partial charge >= 0.3 is 0 Å². The fourth-order valence-corrected chi connectivity index (χ4v) is 2.37. The smallest absolute Gasteiger partial charge is 0.104 e. The van der Waals surface area contributed by atoms with Gasteiger partial charge in [-0.1, -0.05) is 6.92 Å². The van der Waals surface area contributed by atoms with Crippen LogP contribution in [0, 0.1) is 0 Å². The predicted octanol–water partition coefficient (Wildman–Crippen LogP) is 1.91. The van der Waals surface area contributed by atoms with E-state index in [9.17, 15) is 0 Å². The average Bonchev–Trinajstić information content (AvgIpc) is 2.71. The minimum Gasteiger partial charge on any atom is -0.301 e. The summed E-state index contributed by atoms with van der Waals surface area (Å²) < 4.78 is 3.17. The average molecular weight is 244 g/mol. The fourth-order valence-electron chi connectivity index (χ4n) is 1.87. The van der Waals surface area contributed by atoms with Crippen LogP contribution in [0.5, 0.6) is 0 Å². The van der Waals surface area contributed by atoms with E-state index < -0.39 is 0 Å². The maximum Gasteiger partial charge on any atom is 0.104 e. The van der Waals surface area contributed by atoms with E-state index in [1.54, 1.807) is 0 Å². The minimum absolute atomic E-state index is 0.560. The topological polar surface area (TPSA) is 21.1 Å². The highest BCUT2D eigenvalue weighted by Crippen LogP contribution is 2.24. The third-order valence-electron chi connectivity index (χ3n) is 2.66. The maximum atomic E-state index is 4.31. The first-order valence-corrected chi connectivity index (χ1v) is 5.52. The van der Waals surface area contributed by atoms with Crippen LogP contribution in [0.3, 0.4) is 0 Å². The molecule has 4 heteroatoms. The minimum atomic E-state index is 0.560.